The number of carbonyl (C=O) groups is 1. The minimum Gasteiger partial charge on any atom is -0.475 e. The van der Waals surface area contributed by atoms with E-state index in [2.05, 4.69) is 25.0 Å². The predicted octanol–water partition coefficient (Wildman–Crippen LogP) is 3.10. The van der Waals surface area contributed by atoms with Crippen molar-refractivity contribution in [1.82, 2.24) is 20.4 Å². The molecule has 12 heteroatoms. The highest BCUT2D eigenvalue weighted by atomic mass is 35.5. The fraction of sp³-hybridized carbons (Fsp3) is 0.222. The first kappa shape index (κ1) is 21.5. The van der Waals surface area contributed by atoms with Gasteiger partial charge in [0.2, 0.25) is 11.8 Å². The number of hydrogen-bond donors (Lipinski definition) is 2. The summed E-state index contributed by atoms with van der Waals surface area (Å²) in [5.74, 6) is -2.26. The SMILES string of the molecule is O=C(NCc1nc(C(F)(F)F)no1)c1cnc(OCCO)c(-c2ccc(Cl)cc2)c1. The van der Waals surface area contributed by atoms with Crippen LogP contribution in [0.2, 0.25) is 5.02 Å². The number of nitrogens with zero attached hydrogens (tertiary/aromatic N) is 3. The molecule has 0 spiro atoms. The Kier molecular flexibility index (Phi) is 6.53. The van der Waals surface area contributed by atoms with Crippen LogP contribution in [0.15, 0.2) is 41.1 Å². The van der Waals surface area contributed by atoms with Crippen molar-refractivity contribution < 1.29 is 32.3 Å². The molecular weight excluding hydrogens is 429 g/mol. The second-order valence-corrected chi connectivity index (χ2v) is 6.28. The largest absolute Gasteiger partial charge is 0.475 e. The number of benzene rings is 1. The van der Waals surface area contributed by atoms with Gasteiger partial charge in [0.1, 0.15) is 6.61 Å². The van der Waals surface area contributed by atoms with Crippen LogP contribution in [0.1, 0.15) is 22.1 Å². The van der Waals surface area contributed by atoms with E-state index in [4.69, 9.17) is 21.4 Å². The van der Waals surface area contributed by atoms with E-state index in [-0.39, 0.29) is 24.7 Å². The van der Waals surface area contributed by atoms with Gasteiger partial charge in [-0.05, 0) is 23.8 Å². The minimum atomic E-state index is -4.74. The number of hydrogen-bond acceptors (Lipinski definition) is 7. The first-order valence-electron chi connectivity index (χ1n) is 8.45. The van der Waals surface area contributed by atoms with Crippen LogP contribution in [0, 0.1) is 0 Å². The molecule has 8 nitrogen and oxygen atoms in total. The molecule has 3 aromatic rings. The Labute approximate surface area is 172 Å². The average Bonchev–Trinajstić information content (AvgIpc) is 3.21. The van der Waals surface area contributed by atoms with Gasteiger partial charge in [-0.15, -0.1) is 0 Å². The molecule has 0 aliphatic carbocycles. The van der Waals surface area contributed by atoms with Crippen LogP contribution in [0.25, 0.3) is 11.1 Å². The lowest BCUT2D eigenvalue weighted by molar-refractivity contribution is -0.146. The Bertz CT molecular complexity index is 1030. The number of ether oxygens (including phenoxy) is 1. The fourth-order valence-corrected chi connectivity index (χ4v) is 2.50. The van der Waals surface area contributed by atoms with Gasteiger partial charge in [-0.1, -0.05) is 28.9 Å². The Morgan fingerprint density at radius 3 is 2.63 bits per heavy atom. The molecule has 2 N–H and O–H groups in total. The van der Waals surface area contributed by atoms with E-state index in [0.29, 0.717) is 16.1 Å². The maximum absolute atomic E-state index is 12.5. The molecule has 2 heterocycles. The number of pyridine rings is 1. The van der Waals surface area contributed by atoms with Gasteiger partial charge in [0, 0.05) is 16.8 Å². The van der Waals surface area contributed by atoms with Crippen LogP contribution in [-0.4, -0.2) is 39.4 Å². The molecule has 1 aromatic carbocycles. The van der Waals surface area contributed by atoms with Gasteiger partial charge < -0.3 is 19.7 Å². The van der Waals surface area contributed by atoms with Crippen molar-refractivity contribution in [1.29, 1.82) is 0 Å². The van der Waals surface area contributed by atoms with E-state index < -0.39 is 30.3 Å². The summed E-state index contributed by atoms with van der Waals surface area (Å²) in [6, 6.07) is 8.18. The quantitative estimate of drug-likeness (QED) is 0.578. The summed E-state index contributed by atoms with van der Waals surface area (Å²) in [4.78, 5) is 19.7. The van der Waals surface area contributed by atoms with Crippen molar-refractivity contribution in [2.24, 2.45) is 0 Å². The van der Waals surface area contributed by atoms with Gasteiger partial charge in [-0.3, -0.25) is 4.79 Å². The van der Waals surface area contributed by atoms with E-state index in [9.17, 15) is 18.0 Å². The molecule has 0 saturated carbocycles. The molecule has 0 fully saturated rings. The predicted molar refractivity (Wildman–Crippen MR) is 97.7 cm³/mol. The third-order valence-electron chi connectivity index (χ3n) is 3.72. The summed E-state index contributed by atoms with van der Waals surface area (Å²) in [7, 11) is 0. The summed E-state index contributed by atoms with van der Waals surface area (Å²) in [5, 5.41) is 14.7. The second kappa shape index (κ2) is 9.09. The van der Waals surface area contributed by atoms with Crippen LogP contribution >= 0.6 is 11.6 Å². The highest BCUT2D eigenvalue weighted by Crippen LogP contribution is 2.30. The fourth-order valence-electron chi connectivity index (χ4n) is 2.37. The first-order chi connectivity index (χ1) is 14.3. The molecule has 1 amide bonds. The molecule has 2 aromatic heterocycles. The molecule has 0 bridgehead atoms. The van der Waals surface area contributed by atoms with E-state index in [1.54, 1.807) is 24.3 Å². The summed E-state index contributed by atoms with van der Waals surface area (Å²) in [5.41, 5.74) is 1.23. The van der Waals surface area contributed by atoms with Gasteiger partial charge in [-0.2, -0.15) is 18.2 Å². The number of halogens is 4. The summed E-state index contributed by atoms with van der Waals surface area (Å²) in [6.07, 6.45) is -3.51. The molecule has 0 saturated heterocycles. The maximum Gasteiger partial charge on any atom is 0.455 e. The number of nitrogens with one attached hydrogen (secondary N) is 1. The average molecular weight is 443 g/mol. The lowest BCUT2D eigenvalue weighted by Gasteiger charge is -2.12. The van der Waals surface area contributed by atoms with Gasteiger partial charge in [0.05, 0.1) is 18.7 Å². The highest BCUT2D eigenvalue weighted by Gasteiger charge is 2.37. The molecule has 0 radical (unpaired) electrons. The molecular formula is C18H14ClF3N4O4. The number of aromatic nitrogens is 3. The van der Waals surface area contributed by atoms with Crippen LogP contribution in [-0.2, 0) is 12.7 Å². The summed E-state index contributed by atoms with van der Waals surface area (Å²) < 4.78 is 47.4. The molecule has 3 rings (SSSR count). The number of rotatable bonds is 7. The topological polar surface area (TPSA) is 110 Å². The first-order valence-corrected chi connectivity index (χ1v) is 8.83. The maximum atomic E-state index is 12.5. The van der Waals surface area contributed by atoms with Crippen molar-refractivity contribution >= 4 is 17.5 Å². The van der Waals surface area contributed by atoms with Crippen molar-refractivity contribution in [3.05, 3.63) is 58.8 Å². The lowest BCUT2D eigenvalue weighted by Crippen LogP contribution is -2.23. The Morgan fingerprint density at radius 1 is 1.27 bits per heavy atom. The van der Waals surface area contributed by atoms with E-state index in [1.807, 2.05) is 0 Å². The zero-order valence-electron chi connectivity index (χ0n) is 15.1. The van der Waals surface area contributed by atoms with Crippen LogP contribution in [0.4, 0.5) is 13.2 Å². The Morgan fingerprint density at radius 2 is 2.00 bits per heavy atom. The lowest BCUT2D eigenvalue weighted by atomic mass is 10.0. The Hall–Kier alpha value is -3.18. The van der Waals surface area contributed by atoms with Gasteiger partial charge >= 0.3 is 6.18 Å². The monoisotopic (exact) mass is 442 g/mol. The third-order valence-corrected chi connectivity index (χ3v) is 3.97. The number of aliphatic hydroxyl groups excluding tert-OH is 1. The Balaban J connectivity index is 1.79. The minimum absolute atomic E-state index is 0.00215. The number of alkyl halides is 3. The molecule has 0 aliphatic heterocycles. The van der Waals surface area contributed by atoms with Crippen molar-refractivity contribution in [3.8, 4) is 17.0 Å². The van der Waals surface area contributed by atoms with E-state index >= 15 is 0 Å². The van der Waals surface area contributed by atoms with Gasteiger partial charge in [-0.25, -0.2) is 4.98 Å². The number of aliphatic hydroxyl groups is 1. The highest BCUT2D eigenvalue weighted by molar-refractivity contribution is 6.30. The van der Waals surface area contributed by atoms with Crippen LogP contribution < -0.4 is 10.1 Å². The summed E-state index contributed by atoms with van der Waals surface area (Å²) in [6.45, 7) is -0.632. The number of carbonyl (C=O) groups excluding carboxylic acids is 1. The molecule has 158 valence electrons. The number of amides is 1. The van der Waals surface area contributed by atoms with E-state index in [0.717, 1.165) is 0 Å². The van der Waals surface area contributed by atoms with Crippen molar-refractivity contribution in [3.63, 3.8) is 0 Å². The molecule has 0 unspecified atom stereocenters. The second-order valence-electron chi connectivity index (χ2n) is 5.85. The smallest absolute Gasteiger partial charge is 0.455 e. The molecule has 30 heavy (non-hydrogen) atoms. The standard InChI is InChI=1S/C18H14ClF3N4O4/c19-12-3-1-10(2-4-12)13-7-11(8-24-16(13)29-6-5-27)15(28)23-9-14-25-17(26-30-14)18(20,21)22/h1-4,7-8,27H,5-6,9H2,(H,23,28). The molecule has 0 aliphatic rings. The van der Waals surface area contributed by atoms with E-state index in [1.165, 1.54) is 12.3 Å². The zero-order chi connectivity index (χ0) is 21.7. The van der Waals surface area contributed by atoms with Crippen LogP contribution in [0.5, 0.6) is 5.88 Å². The van der Waals surface area contributed by atoms with Crippen molar-refractivity contribution in [2.75, 3.05) is 13.2 Å². The van der Waals surface area contributed by atoms with Crippen LogP contribution in [0.3, 0.4) is 0 Å². The third kappa shape index (κ3) is 5.24. The van der Waals surface area contributed by atoms with Gasteiger partial charge in [0.15, 0.2) is 0 Å². The van der Waals surface area contributed by atoms with Crippen molar-refractivity contribution in [2.45, 2.75) is 12.7 Å². The molecule has 0 atom stereocenters. The zero-order valence-corrected chi connectivity index (χ0v) is 15.9. The normalized spacial score (nSPS) is 11.4. The summed E-state index contributed by atoms with van der Waals surface area (Å²) >= 11 is 5.90. The van der Waals surface area contributed by atoms with Gasteiger partial charge in [0.25, 0.3) is 11.7 Å².